The quantitative estimate of drug-likeness (QED) is 0.117. The van der Waals surface area contributed by atoms with Crippen LogP contribution in [-0.4, -0.2) is 0 Å². The maximum Gasteiger partial charge on any atom is 0.102 e. The summed E-state index contributed by atoms with van der Waals surface area (Å²) in [7, 11) is 17.1. The largest absolute Gasteiger partial charge is 0.102 e. The Bertz CT molecular complexity index is 1230. The summed E-state index contributed by atoms with van der Waals surface area (Å²) in [5.41, 5.74) is 0. The van der Waals surface area contributed by atoms with Gasteiger partial charge in [-0.2, -0.15) is 0 Å². The third kappa shape index (κ3) is 12.6. The van der Waals surface area contributed by atoms with Crippen molar-refractivity contribution in [2.45, 2.75) is 0 Å². The fourth-order valence-electron chi connectivity index (χ4n) is 4.63. The Hall–Kier alpha value is -1.67. The fraction of sp³-hybridized carbons (Fsp3) is 0. The smallest absolute Gasteiger partial charge is 0.0620 e. The average Bonchev–Trinajstić information content (AvgIpc) is 3.09. The Morgan fingerprint density at radius 1 is 0.250 bits per heavy atom. The van der Waals surface area contributed by atoms with Crippen molar-refractivity contribution in [1.29, 1.82) is 0 Å². The van der Waals surface area contributed by atoms with Crippen LogP contribution in [0.5, 0.6) is 0 Å². The second kappa shape index (κ2) is 22.8. The van der Waals surface area contributed by atoms with Gasteiger partial charge < -0.3 is 0 Å². The Kier molecular flexibility index (Phi) is 19.0. The first kappa shape index (κ1) is 36.8. The second-order valence-electron chi connectivity index (χ2n) is 9.04. The Labute approximate surface area is 293 Å². The van der Waals surface area contributed by atoms with Gasteiger partial charge in [-0.25, -0.2) is 0 Å². The van der Waals surface area contributed by atoms with Gasteiger partial charge in [0.1, 0.15) is 31.8 Å². The van der Waals surface area contributed by atoms with Crippen LogP contribution in [0.2, 0.25) is 0 Å². The molecular weight excluding hydrogens is 754 g/mol. The van der Waals surface area contributed by atoms with Crippen molar-refractivity contribution in [3.63, 3.8) is 0 Å². The molecule has 0 bridgehead atoms. The van der Waals surface area contributed by atoms with E-state index < -0.39 is 15.8 Å². The number of rotatable bonds is 6. The summed E-state index contributed by atoms with van der Waals surface area (Å²) in [5, 5.41) is 8.61. The molecule has 0 heterocycles. The van der Waals surface area contributed by atoms with Crippen LogP contribution in [0.25, 0.3) is 0 Å². The van der Waals surface area contributed by atoms with Crippen molar-refractivity contribution in [3.8, 4) is 0 Å². The first-order valence-electron chi connectivity index (χ1n) is 13.4. The third-order valence-electron chi connectivity index (χ3n) is 6.37. The molecule has 0 aliphatic heterocycles. The van der Waals surface area contributed by atoms with E-state index in [1.165, 1.54) is 31.8 Å². The molecule has 0 saturated heterocycles. The summed E-state index contributed by atoms with van der Waals surface area (Å²) in [4.78, 5) is 0. The maximum atomic E-state index is 4.70. The van der Waals surface area contributed by atoms with E-state index in [-0.39, 0.29) is 0 Å². The minimum absolute atomic E-state index is 0.569. The van der Waals surface area contributed by atoms with Gasteiger partial charge in [-0.15, -0.1) is 0 Å². The molecule has 0 nitrogen and oxygen atoms in total. The Morgan fingerprint density at radius 2 is 0.364 bits per heavy atom. The van der Waals surface area contributed by atoms with Gasteiger partial charge in [0.15, 0.2) is 0 Å². The number of hydrogen-bond acceptors (Lipinski definition) is 0. The molecule has 0 aromatic heterocycles. The molecule has 0 fully saturated rings. The van der Waals surface area contributed by atoms with Crippen molar-refractivity contribution < 1.29 is 25.3 Å². The average molecular weight is 786 g/mol. The maximum absolute atomic E-state index is 4.70. The van der Waals surface area contributed by atoms with Gasteiger partial charge in [-0.1, -0.05) is 109 Å². The molecule has 0 N–H and O–H groups in total. The van der Waals surface area contributed by atoms with Gasteiger partial charge in [0.05, 0.1) is 15.8 Å². The van der Waals surface area contributed by atoms with Gasteiger partial charge in [-0.3, -0.25) is 0 Å². The Balaban J connectivity index is 0.000000204. The van der Waals surface area contributed by atoms with Crippen LogP contribution in [0.15, 0.2) is 182 Å². The molecule has 8 heteroatoms. The monoisotopic (exact) mass is 782 g/mol. The minimum atomic E-state index is -0.877. The van der Waals surface area contributed by atoms with E-state index >= 15 is 0 Å². The molecule has 0 saturated carbocycles. The molecule has 0 amide bonds. The van der Waals surface area contributed by atoms with Gasteiger partial charge in [0.25, 0.3) is 0 Å². The number of hydrogen-bond donors (Lipinski definition) is 0. The van der Waals surface area contributed by atoms with Gasteiger partial charge >= 0.3 is 66.1 Å². The van der Waals surface area contributed by atoms with Crippen LogP contribution < -0.4 is 31.8 Å². The van der Waals surface area contributed by atoms with Crippen LogP contribution in [0, 0.1) is 0 Å². The van der Waals surface area contributed by atoms with E-state index in [2.05, 4.69) is 182 Å². The van der Waals surface area contributed by atoms with Crippen LogP contribution in [-0.2, 0) is 25.3 Å². The second-order valence-corrected chi connectivity index (χ2v) is 17.3. The molecular formula is C36H32Cl4Ni2P2+2. The third-order valence-corrected chi connectivity index (χ3v) is 11.8. The molecule has 6 aromatic rings. The van der Waals surface area contributed by atoms with Crippen LogP contribution in [0.1, 0.15) is 0 Å². The van der Waals surface area contributed by atoms with E-state index in [1.54, 1.807) is 0 Å². The van der Waals surface area contributed by atoms with Gasteiger partial charge in [-0.05, 0) is 72.8 Å². The standard InChI is InChI=1S/2C18H15P.4ClH.2Ni/c2*1-4-10-16(11-5-1)19(17-12-6-2-7-13-17)18-14-8-3-9-15-18;;;;;;/h2*1-15H;4*1H;;/q;;;;;;2*+2/p-2. The van der Waals surface area contributed by atoms with Crippen molar-refractivity contribution in [1.82, 2.24) is 0 Å². The summed E-state index contributed by atoms with van der Waals surface area (Å²) in [6, 6.07) is 65.0. The van der Waals surface area contributed by atoms with Crippen molar-refractivity contribution >= 4 is 88.4 Å². The number of benzene rings is 6. The summed E-state index contributed by atoms with van der Waals surface area (Å²) in [5.74, 6) is 0. The summed E-state index contributed by atoms with van der Waals surface area (Å²) in [6.07, 6.45) is 0. The Morgan fingerprint density at radius 3 is 0.477 bits per heavy atom. The van der Waals surface area contributed by atoms with E-state index in [9.17, 15) is 0 Å². The molecule has 0 radical (unpaired) electrons. The molecule has 0 aliphatic rings. The minimum Gasteiger partial charge on any atom is -0.0620 e. The van der Waals surface area contributed by atoms with E-state index in [0.29, 0.717) is 25.3 Å². The summed E-state index contributed by atoms with van der Waals surface area (Å²) >= 11 is 1.14. The molecule has 0 atom stereocenters. The normalized spacial score (nSPS) is 10.1. The van der Waals surface area contributed by atoms with E-state index in [1.807, 2.05) is 0 Å². The molecule has 44 heavy (non-hydrogen) atoms. The zero-order valence-electron chi connectivity index (χ0n) is 23.5. The van der Waals surface area contributed by atoms with Crippen LogP contribution in [0.3, 0.4) is 0 Å². The molecule has 232 valence electrons. The molecule has 0 spiro atoms. The summed E-state index contributed by atoms with van der Waals surface area (Å²) in [6.45, 7) is 0. The zero-order valence-corrected chi connectivity index (χ0v) is 30.5. The van der Waals surface area contributed by atoms with E-state index in [4.69, 9.17) is 40.8 Å². The van der Waals surface area contributed by atoms with Crippen molar-refractivity contribution in [3.05, 3.63) is 182 Å². The number of halogens is 4. The first-order valence-corrected chi connectivity index (χ1v) is 21.9. The van der Waals surface area contributed by atoms with E-state index in [0.717, 1.165) is 0 Å². The molecule has 6 rings (SSSR count). The van der Waals surface area contributed by atoms with Crippen molar-refractivity contribution in [2.75, 3.05) is 0 Å². The topological polar surface area (TPSA) is 0 Å². The first-order chi connectivity index (χ1) is 21.7. The fourth-order valence-corrected chi connectivity index (χ4v) is 9.78. The van der Waals surface area contributed by atoms with Crippen LogP contribution >= 0.6 is 56.6 Å². The predicted molar refractivity (Wildman–Crippen MR) is 196 cm³/mol. The van der Waals surface area contributed by atoms with Gasteiger partial charge in [0.2, 0.25) is 0 Å². The van der Waals surface area contributed by atoms with Gasteiger partial charge in [0, 0.05) is 0 Å². The predicted octanol–water partition coefficient (Wildman–Crippen LogP) is 9.11. The molecule has 0 unspecified atom stereocenters. The molecule has 6 aromatic carbocycles. The van der Waals surface area contributed by atoms with Crippen LogP contribution in [0.4, 0.5) is 0 Å². The summed E-state index contributed by atoms with van der Waals surface area (Å²) < 4.78 is 0. The zero-order chi connectivity index (χ0) is 31.2. The molecule has 0 aliphatic carbocycles. The SMILES string of the molecule is [Cl][Ni][Cl].[Cl][Ni][Cl].c1ccc([PH+](c2ccccc2)c2ccccc2)cc1.c1ccc([PH+](c2ccccc2)c2ccccc2)cc1. The van der Waals surface area contributed by atoms with Crippen molar-refractivity contribution in [2.24, 2.45) is 0 Å².